The average molecular weight is 236 g/mol. The van der Waals surface area contributed by atoms with E-state index in [1.54, 1.807) is 12.4 Å². The van der Waals surface area contributed by atoms with Crippen LogP contribution in [0.3, 0.4) is 0 Å². The van der Waals surface area contributed by atoms with Crippen molar-refractivity contribution in [2.24, 2.45) is 0 Å². The first-order chi connectivity index (χ1) is 8.64. The number of rotatable bonds is 3. The van der Waals surface area contributed by atoms with Gasteiger partial charge in [0.25, 0.3) is 0 Å². The summed E-state index contributed by atoms with van der Waals surface area (Å²) in [5, 5.41) is 9.50. The summed E-state index contributed by atoms with van der Waals surface area (Å²) in [6.07, 6.45) is 4.24. The second kappa shape index (κ2) is 5.01. The lowest BCUT2D eigenvalue weighted by molar-refractivity contribution is 0.606. The predicted octanol–water partition coefficient (Wildman–Crippen LogP) is 3.41. The van der Waals surface area contributed by atoms with Crippen LogP contribution in [-0.2, 0) is 11.8 Å². The summed E-state index contributed by atoms with van der Waals surface area (Å²) < 4.78 is 0. The van der Waals surface area contributed by atoms with Crippen LogP contribution >= 0.6 is 0 Å². The molecule has 0 saturated heterocycles. The Morgan fingerprint density at radius 1 is 1.11 bits per heavy atom. The molecule has 0 N–H and O–H groups in total. The van der Waals surface area contributed by atoms with Crippen LogP contribution in [0.1, 0.15) is 23.6 Å². The lowest BCUT2D eigenvalue weighted by atomic mass is 9.78. The number of nitrogens with zero attached hydrogens (tertiary/aromatic N) is 2. The zero-order valence-electron chi connectivity index (χ0n) is 10.7. The molecule has 90 valence electrons. The van der Waals surface area contributed by atoms with Crippen LogP contribution in [-0.4, -0.2) is 4.98 Å². The summed E-state index contributed by atoms with van der Waals surface area (Å²) in [4.78, 5) is 4.00. The second-order valence-electron chi connectivity index (χ2n) is 4.84. The third-order valence-corrected chi connectivity index (χ3v) is 3.24. The van der Waals surface area contributed by atoms with E-state index in [1.807, 2.05) is 31.2 Å². The number of hydrogen-bond acceptors (Lipinski definition) is 2. The van der Waals surface area contributed by atoms with E-state index in [2.05, 4.69) is 30.1 Å². The van der Waals surface area contributed by atoms with Crippen LogP contribution < -0.4 is 0 Å². The van der Waals surface area contributed by atoms with Gasteiger partial charge in [-0.25, -0.2) is 0 Å². The van der Waals surface area contributed by atoms with Gasteiger partial charge in [0.2, 0.25) is 0 Å². The lowest BCUT2D eigenvalue weighted by Gasteiger charge is -2.22. The highest BCUT2D eigenvalue weighted by Gasteiger charge is 2.26. The fourth-order valence-corrected chi connectivity index (χ4v) is 2.04. The van der Waals surface area contributed by atoms with Gasteiger partial charge in [-0.15, -0.1) is 0 Å². The summed E-state index contributed by atoms with van der Waals surface area (Å²) in [6, 6.07) is 14.6. The number of benzene rings is 1. The zero-order chi connectivity index (χ0) is 13.0. The van der Waals surface area contributed by atoms with Gasteiger partial charge in [0.15, 0.2) is 0 Å². The molecule has 0 bridgehead atoms. The topological polar surface area (TPSA) is 36.7 Å². The van der Waals surface area contributed by atoms with E-state index in [0.717, 1.165) is 11.1 Å². The third kappa shape index (κ3) is 2.57. The Labute approximate surface area is 108 Å². The van der Waals surface area contributed by atoms with Gasteiger partial charge in [0.05, 0.1) is 11.5 Å². The van der Waals surface area contributed by atoms with E-state index < -0.39 is 5.41 Å². The number of aryl methyl sites for hydroxylation is 1. The molecule has 1 atom stereocenters. The fourth-order valence-electron chi connectivity index (χ4n) is 2.04. The maximum atomic E-state index is 9.50. The van der Waals surface area contributed by atoms with Crippen LogP contribution in [0.2, 0.25) is 0 Å². The molecule has 2 nitrogen and oxygen atoms in total. The molecule has 0 amide bonds. The van der Waals surface area contributed by atoms with E-state index in [1.165, 1.54) is 5.56 Å². The highest BCUT2D eigenvalue weighted by Crippen LogP contribution is 2.27. The molecule has 0 fully saturated rings. The number of nitriles is 1. The van der Waals surface area contributed by atoms with Gasteiger partial charge >= 0.3 is 0 Å². The molecule has 0 radical (unpaired) electrons. The number of hydrogen-bond donors (Lipinski definition) is 0. The van der Waals surface area contributed by atoms with Gasteiger partial charge in [-0.3, -0.25) is 4.98 Å². The van der Waals surface area contributed by atoms with Crippen molar-refractivity contribution in [2.45, 2.75) is 25.7 Å². The average Bonchev–Trinajstić information content (AvgIpc) is 2.40. The normalized spacial score (nSPS) is 13.6. The van der Waals surface area contributed by atoms with E-state index in [9.17, 15) is 5.26 Å². The Balaban J connectivity index is 2.32. The first-order valence-corrected chi connectivity index (χ1v) is 6.01. The second-order valence-corrected chi connectivity index (χ2v) is 4.84. The van der Waals surface area contributed by atoms with Gasteiger partial charge in [0.1, 0.15) is 0 Å². The zero-order valence-corrected chi connectivity index (χ0v) is 10.7. The molecule has 2 heteroatoms. The minimum atomic E-state index is -0.491. The quantitative estimate of drug-likeness (QED) is 0.818. The first-order valence-electron chi connectivity index (χ1n) is 6.01. The molecule has 0 aliphatic heterocycles. The molecular weight excluding hydrogens is 220 g/mol. The van der Waals surface area contributed by atoms with Crippen molar-refractivity contribution in [2.75, 3.05) is 0 Å². The fraction of sp³-hybridized carbons (Fsp3) is 0.250. The van der Waals surface area contributed by atoms with Crippen molar-refractivity contribution in [3.05, 3.63) is 65.5 Å². The molecule has 1 heterocycles. The lowest BCUT2D eigenvalue weighted by Crippen LogP contribution is -2.22. The van der Waals surface area contributed by atoms with Crippen LogP contribution in [0.4, 0.5) is 0 Å². The minimum absolute atomic E-state index is 0.491. The number of aromatic nitrogens is 1. The van der Waals surface area contributed by atoms with Crippen LogP contribution in [0.15, 0.2) is 48.8 Å². The molecule has 0 aliphatic carbocycles. The molecule has 0 aliphatic rings. The Bertz CT molecular complexity index is 552. The largest absolute Gasteiger partial charge is 0.265 e. The van der Waals surface area contributed by atoms with Crippen molar-refractivity contribution in [1.29, 1.82) is 5.26 Å². The molecule has 2 aromatic rings. The molecule has 2 rings (SSSR count). The summed E-state index contributed by atoms with van der Waals surface area (Å²) in [5.41, 5.74) is 2.92. The van der Waals surface area contributed by atoms with E-state index in [0.29, 0.717) is 6.42 Å². The summed E-state index contributed by atoms with van der Waals surface area (Å²) >= 11 is 0. The Hall–Kier alpha value is -2.14. The van der Waals surface area contributed by atoms with Crippen LogP contribution in [0.25, 0.3) is 0 Å². The van der Waals surface area contributed by atoms with Crippen molar-refractivity contribution in [1.82, 2.24) is 4.98 Å². The maximum Gasteiger partial charge on any atom is 0.0834 e. The monoisotopic (exact) mass is 236 g/mol. The standard InChI is InChI=1S/C16H16N2/c1-13-3-5-15(6-4-13)16(2,12-17)11-14-7-9-18-10-8-14/h3-10H,11H2,1-2H3. The maximum absolute atomic E-state index is 9.50. The molecule has 0 saturated carbocycles. The van der Waals surface area contributed by atoms with Crippen LogP contribution in [0.5, 0.6) is 0 Å². The highest BCUT2D eigenvalue weighted by molar-refractivity contribution is 5.35. The van der Waals surface area contributed by atoms with Crippen molar-refractivity contribution >= 4 is 0 Å². The van der Waals surface area contributed by atoms with E-state index in [4.69, 9.17) is 0 Å². The SMILES string of the molecule is Cc1ccc(C(C)(C#N)Cc2ccncc2)cc1. The van der Waals surface area contributed by atoms with Crippen LogP contribution in [0, 0.1) is 18.3 Å². The van der Waals surface area contributed by atoms with Gasteiger partial charge in [-0.05, 0) is 43.5 Å². The van der Waals surface area contributed by atoms with Crippen molar-refractivity contribution in [3.63, 3.8) is 0 Å². The molecular formula is C16H16N2. The summed E-state index contributed by atoms with van der Waals surface area (Å²) in [7, 11) is 0. The molecule has 1 aromatic carbocycles. The smallest absolute Gasteiger partial charge is 0.0834 e. The van der Waals surface area contributed by atoms with Gasteiger partial charge in [0, 0.05) is 12.4 Å². The number of pyridine rings is 1. The van der Waals surface area contributed by atoms with E-state index in [-0.39, 0.29) is 0 Å². The molecule has 0 spiro atoms. The van der Waals surface area contributed by atoms with Gasteiger partial charge in [-0.2, -0.15) is 5.26 Å². The van der Waals surface area contributed by atoms with Gasteiger partial charge < -0.3 is 0 Å². The van der Waals surface area contributed by atoms with Gasteiger partial charge in [-0.1, -0.05) is 29.8 Å². The molecule has 1 aromatic heterocycles. The van der Waals surface area contributed by atoms with Crippen molar-refractivity contribution in [3.8, 4) is 6.07 Å². The first kappa shape index (κ1) is 12.3. The Morgan fingerprint density at radius 2 is 1.72 bits per heavy atom. The Morgan fingerprint density at radius 3 is 2.28 bits per heavy atom. The summed E-state index contributed by atoms with van der Waals surface area (Å²) in [6.45, 7) is 4.04. The Kier molecular flexibility index (Phi) is 3.43. The highest BCUT2D eigenvalue weighted by atomic mass is 14.6. The summed E-state index contributed by atoms with van der Waals surface area (Å²) in [5.74, 6) is 0. The van der Waals surface area contributed by atoms with Crippen molar-refractivity contribution < 1.29 is 0 Å². The molecule has 1 unspecified atom stereocenters. The minimum Gasteiger partial charge on any atom is -0.265 e. The third-order valence-electron chi connectivity index (χ3n) is 3.24. The van der Waals surface area contributed by atoms with E-state index >= 15 is 0 Å². The molecule has 18 heavy (non-hydrogen) atoms. The predicted molar refractivity (Wildman–Crippen MR) is 72.1 cm³/mol.